The predicted molar refractivity (Wildman–Crippen MR) is 80.7 cm³/mol. The second-order valence-corrected chi connectivity index (χ2v) is 5.70. The summed E-state index contributed by atoms with van der Waals surface area (Å²) in [5, 5.41) is 0. The molecule has 1 saturated heterocycles. The number of hydrogen-bond donors (Lipinski definition) is 0. The number of rotatable bonds is 9. The van der Waals surface area contributed by atoms with E-state index in [1.807, 2.05) is 0 Å². The average molecular weight is 299 g/mol. The van der Waals surface area contributed by atoms with E-state index in [1.54, 1.807) is 6.92 Å². The molecular formula is C16H29NO4. The van der Waals surface area contributed by atoms with Crippen LogP contribution in [0.1, 0.15) is 65.2 Å². The van der Waals surface area contributed by atoms with Crippen molar-refractivity contribution in [2.24, 2.45) is 0 Å². The van der Waals surface area contributed by atoms with Crippen LogP contribution in [0.3, 0.4) is 0 Å². The van der Waals surface area contributed by atoms with E-state index in [0.717, 1.165) is 12.8 Å². The normalized spacial score (nSPS) is 21.6. The van der Waals surface area contributed by atoms with Crippen molar-refractivity contribution in [1.82, 2.24) is 4.90 Å². The van der Waals surface area contributed by atoms with Crippen molar-refractivity contribution in [3.05, 3.63) is 0 Å². The van der Waals surface area contributed by atoms with Crippen molar-refractivity contribution in [2.75, 3.05) is 13.8 Å². The minimum atomic E-state index is -0.591. The summed E-state index contributed by atoms with van der Waals surface area (Å²) in [6.45, 7) is 4.19. The van der Waals surface area contributed by atoms with Crippen LogP contribution < -0.4 is 0 Å². The molecule has 0 bridgehead atoms. The fourth-order valence-corrected chi connectivity index (χ4v) is 2.67. The summed E-state index contributed by atoms with van der Waals surface area (Å²) in [6.07, 6.45) is 8.40. The van der Waals surface area contributed by atoms with Crippen molar-refractivity contribution in [3.8, 4) is 0 Å². The molecule has 0 spiro atoms. The molecule has 1 fully saturated rings. The fraction of sp³-hybridized carbons (Fsp3) is 0.875. The summed E-state index contributed by atoms with van der Waals surface area (Å²) < 4.78 is 10.2. The Morgan fingerprint density at radius 2 is 1.76 bits per heavy atom. The second-order valence-electron chi connectivity index (χ2n) is 5.70. The van der Waals surface area contributed by atoms with Gasteiger partial charge in [0, 0.05) is 6.42 Å². The third kappa shape index (κ3) is 5.65. The van der Waals surface area contributed by atoms with Crippen LogP contribution in [-0.4, -0.2) is 42.8 Å². The first-order valence-electron chi connectivity index (χ1n) is 8.10. The zero-order valence-electron chi connectivity index (χ0n) is 13.6. The SMILES string of the molecule is CCCCCCCCCC(=O)N1CO[C@H](C)[C@H]1C(=O)OC. The van der Waals surface area contributed by atoms with E-state index in [4.69, 9.17) is 9.47 Å². The maximum Gasteiger partial charge on any atom is 0.331 e. The van der Waals surface area contributed by atoms with Gasteiger partial charge in [-0.15, -0.1) is 0 Å². The molecule has 1 aliphatic rings. The van der Waals surface area contributed by atoms with E-state index in [9.17, 15) is 9.59 Å². The Labute approximate surface area is 128 Å². The van der Waals surface area contributed by atoms with Crippen molar-refractivity contribution in [3.63, 3.8) is 0 Å². The highest BCUT2D eigenvalue weighted by molar-refractivity contribution is 5.85. The lowest BCUT2D eigenvalue weighted by Crippen LogP contribution is -2.44. The van der Waals surface area contributed by atoms with Crippen LogP contribution >= 0.6 is 0 Å². The highest BCUT2D eigenvalue weighted by Crippen LogP contribution is 2.20. The van der Waals surface area contributed by atoms with Gasteiger partial charge in [0.2, 0.25) is 5.91 Å². The predicted octanol–water partition coefficient (Wildman–Crippen LogP) is 2.87. The first-order chi connectivity index (χ1) is 10.1. The molecule has 0 aliphatic carbocycles. The summed E-state index contributed by atoms with van der Waals surface area (Å²) in [5.74, 6) is -0.406. The van der Waals surface area contributed by atoms with Gasteiger partial charge >= 0.3 is 5.97 Å². The molecule has 5 nitrogen and oxygen atoms in total. The molecule has 122 valence electrons. The molecule has 0 radical (unpaired) electrons. The van der Waals surface area contributed by atoms with Crippen LogP contribution in [0, 0.1) is 0 Å². The molecule has 0 N–H and O–H groups in total. The monoisotopic (exact) mass is 299 g/mol. The third-order valence-corrected chi connectivity index (χ3v) is 4.01. The summed E-state index contributed by atoms with van der Waals surface area (Å²) in [4.78, 5) is 25.4. The second kappa shape index (κ2) is 9.77. The number of carbonyl (C=O) groups excluding carboxylic acids is 2. The molecule has 1 aliphatic heterocycles. The average Bonchev–Trinajstić information content (AvgIpc) is 2.87. The molecule has 0 saturated carbocycles. The van der Waals surface area contributed by atoms with Crippen LogP contribution in [0.4, 0.5) is 0 Å². The van der Waals surface area contributed by atoms with Crippen molar-refractivity contribution >= 4 is 11.9 Å². The highest BCUT2D eigenvalue weighted by atomic mass is 16.5. The lowest BCUT2D eigenvalue weighted by atomic mass is 10.1. The Morgan fingerprint density at radius 3 is 2.38 bits per heavy atom. The molecule has 2 atom stereocenters. The Bertz CT molecular complexity index is 332. The largest absolute Gasteiger partial charge is 0.467 e. The van der Waals surface area contributed by atoms with Gasteiger partial charge in [-0.25, -0.2) is 4.79 Å². The summed E-state index contributed by atoms with van der Waals surface area (Å²) >= 11 is 0. The van der Waals surface area contributed by atoms with Crippen molar-refractivity contribution in [1.29, 1.82) is 0 Å². The molecule has 0 unspecified atom stereocenters. The Morgan fingerprint density at radius 1 is 1.14 bits per heavy atom. The lowest BCUT2D eigenvalue weighted by Gasteiger charge is -2.22. The summed E-state index contributed by atoms with van der Waals surface area (Å²) in [5.41, 5.74) is 0. The Kier molecular flexibility index (Phi) is 8.35. The number of ether oxygens (including phenoxy) is 2. The zero-order chi connectivity index (χ0) is 15.7. The fourth-order valence-electron chi connectivity index (χ4n) is 2.67. The lowest BCUT2D eigenvalue weighted by molar-refractivity contribution is -0.151. The van der Waals surface area contributed by atoms with Gasteiger partial charge < -0.3 is 14.4 Å². The molecule has 1 rings (SSSR count). The molecule has 1 amide bonds. The first kappa shape index (κ1) is 18.0. The molecular weight excluding hydrogens is 270 g/mol. The molecule has 0 aromatic heterocycles. The first-order valence-corrected chi connectivity index (χ1v) is 8.10. The molecule has 21 heavy (non-hydrogen) atoms. The Balaban J connectivity index is 2.26. The standard InChI is InChI=1S/C16H29NO4/c1-4-5-6-7-8-9-10-11-14(18)17-12-21-13(2)15(17)16(19)20-3/h13,15H,4-12H2,1-3H3/t13-,15+/m1/s1. The van der Waals surface area contributed by atoms with Crippen molar-refractivity contribution in [2.45, 2.75) is 77.4 Å². The number of methoxy groups -OCH3 is 1. The van der Waals surface area contributed by atoms with Gasteiger partial charge in [0.1, 0.15) is 6.73 Å². The van der Waals surface area contributed by atoms with Gasteiger partial charge in [-0.2, -0.15) is 0 Å². The maximum atomic E-state index is 12.2. The van der Waals surface area contributed by atoms with E-state index >= 15 is 0 Å². The number of hydrogen-bond acceptors (Lipinski definition) is 4. The molecule has 0 aromatic rings. The van der Waals surface area contributed by atoms with Crippen molar-refractivity contribution < 1.29 is 19.1 Å². The minimum absolute atomic E-state index is 0.0108. The van der Waals surface area contributed by atoms with Crippen LogP contribution in [-0.2, 0) is 19.1 Å². The summed E-state index contributed by atoms with van der Waals surface area (Å²) in [6, 6.07) is -0.591. The van der Waals surface area contributed by atoms with Crippen LogP contribution in [0.5, 0.6) is 0 Å². The molecule has 1 heterocycles. The van der Waals surface area contributed by atoms with E-state index in [-0.39, 0.29) is 18.7 Å². The number of esters is 1. The zero-order valence-corrected chi connectivity index (χ0v) is 13.6. The van der Waals surface area contributed by atoms with E-state index < -0.39 is 12.0 Å². The number of unbranched alkanes of at least 4 members (excludes halogenated alkanes) is 6. The van der Waals surface area contributed by atoms with Crippen LogP contribution in [0.2, 0.25) is 0 Å². The topological polar surface area (TPSA) is 55.8 Å². The van der Waals surface area contributed by atoms with Gasteiger partial charge in [0.05, 0.1) is 13.2 Å². The van der Waals surface area contributed by atoms with Gasteiger partial charge in [0.15, 0.2) is 6.04 Å². The molecule has 5 heteroatoms. The van der Waals surface area contributed by atoms with E-state index in [1.165, 1.54) is 44.1 Å². The van der Waals surface area contributed by atoms with Gasteiger partial charge in [-0.05, 0) is 13.3 Å². The quantitative estimate of drug-likeness (QED) is 0.485. The minimum Gasteiger partial charge on any atom is -0.467 e. The number of amides is 1. The smallest absolute Gasteiger partial charge is 0.331 e. The van der Waals surface area contributed by atoms with Crippen LogP contribution in [0.15, 0.2) is 0 Å². The van der Waals surface area contributed by atoms with Gasteiger partial charge in [-0.3, -0.25) is 4.79 Å². The third-order valence-electron chi connectivity index (χ3n) is 4.01. The Hall–Kier alpha value is -1.10. The van der Waals surface area contributed by atoms with E-state index in [0.29, 0.717) is 6.42 Å². The van der Waals surface area contributed by atoms with E-state index in [2.05, 4.69) is 6.92 Å². The molecule has 0 aromatic carbocycles. The van der Waals surface area contributed by atoms with Gasteiger partial charge in [-0.1, -0.05) is 45.4 Å². The van der Waals surface area contributed by atoms with Gasteiger partial charge in [0.25, 0.3) is 0 Å². The number of nitrogens with zero attached hydrogens (tertiary/aromatic N) is 1. The highest BCUT2D eigenvalue weighted by Gasteiger charge is 2.40. The maximum absolute atomic E-state index is 12.2. The summed E-state index contributed by atoms with van der Waals surface area (Å²) in [7, 11) is 1.34. The number of carbonyl (C=O) groups is 2. The van der Waals surface area contributed by atoms with Crippen LogP contribution in [0.25, 0.3) is 0 Å².